The van der Waals surface area contributed by atoms with E-state index in [1.165, 1.54) is 122 Å². The number of carbonyl (C=O) groups excluding carboxylic acids is 2. The number of carbonyl (C=O) groups is 2. The van der Waals surface area contributed by atoms with E-state index >= 15 is 0 Å². The van der Waals surface area contributed by atoms with E-state index in [0.717, 1.165) is 141 Å². The minimum absolute atomic E-state index is 0.0392. The molecule has 0 saturated heterocycles. The van der Waals surface area contributed by atoms with Crippen LogP contribution in [0.25, 0.3) is 0 Å². The van der Waals surface area contributed by atoms with Crippen molar-refractivity contribution in [1.29, 1.82) is 0 Å². The van der Waals surface area contributed by atoms with Gasteiger partial charge in [-0.3, -0.25) is 14.2 Å². The summed E-state index contributed by atoms with van der Waals surface area (Å²) in [5.41, 5.74) is 0. The topological polar surface area (TPSA) is 111 Å². The third kappa shape index (κ3) is 78.1. The molecule has 0 bridgehead atoms. The number of quaternary nitrogens is 1. The Kier molecular flexibility index (Phi) is 70.5. The van der Waals surface area contributed by atoms with Crippen LogP contribution in [0, 0.1) is 0 Å². The second-order valence-electron chi connectivity index (χ2n) is 26.3. The summed E-state index contributed by atoms with van der Waals surface area (Å²) in [6.07, 6.45) is 114. The maximum atomic E-state index is 12.9. The zero-order valence-electron chi connectivity index (χ0n) is 62.0. The minimum atomic E-state index is -4.66. The summed E-state index contributed by atoms with van der Waals surface area (Å²) in [4.78, 5) is 38.2. The Labute approximate surface area is 591 Å². The SMILES string of the molecule is CC/C=C\C/C=C\C/C=C\C/C=C\C/C=C\C/C=C\C/C=C\C/C=C\C/C=C\C/C=C\CCCCCCCCCCCCC(=O)OC(COC(=O)CCCCCCCCCCCCCCCCC/C=C\C/C=C\C/C=C\C/C=C\C/C=C\CC)COP(=O)([O-])OCC[N+](C)(C)C. The monoisotopic (exact) mass is 1350 g/mol. The molecule has 0 aromatic carbocycles. The number of phosphoric acid groups is 1. The summed E-state index contributed by atoms with van der Waals surface area (Å²) in [6, 6.07) is 0. The van der Waals surface area contributed by atoms with Crippen molar-refractivity contribution in [3.8, 4) is 0 Å². The van der Waals surface area contributed by atoms with E-state index in [4.69, 9.17) is 18.5 Å². The van der Waals surface area contributed by atoms with Crippen molar-refractivity contribution >= 4 is 19.8 Å². The Bertz CT molecular complexity index is 2280. The molecule has 0 saturated carbocycles. The molecule has 2 atom stereocenters. The highest BCUT2D eigenvalue weighted by Gasteiger charge is 2.22. The number of hydrogen-bond acceptors (Lipinski definition) is 8. The third-order valence-electron chi connectivity index (χ3n) is 15.9. The molecule has 0 amide bonds. The van der Waals surface area contributed by atoms with E-state index in [1.807, 2.05) is 21.1 Å². The molecule has 0 N–H and O–H groups in total. The molecule has 0 aliphatic carbocycles. The van der Waals surface area contributed by atoms with Gasteiger partial charge in [-0.1, -0.05) is 331 Å². The van der Waals surface area contributed by atoms with Crippen molar-refractivity contribution in [2.75, 3.05) is 47.5 Å². The van der Waals surface area contributed by atoms with Gasteiger partial charge in [-0.2, -0.15) is 0 Å². The molecule has 96 heavy (non-hydrogen) atoms. The molecule has 0 aromatic heterocycles. The van der Waals surface area contributed by atoms with Crippen LogP contribution < -0.4 is 4.89 Å². The predicted octanol–water partition coefficient (Wildman–Crippen LogP) is 25.2. The Hall–Kier alpha value is -4.89. The van der Waals surface area contributed by atoms with Crippen LogP contribution in [0.4, 0.5) is 0 Å². The van der Waals surface area contributed by atoms with Gasteiger partial charge in [0.2, 0.25) is 0 Å². The molecule has 0 aliphatic heterocycles. The van der Waals surface area contributed by atoms with Crippen LogP contribution in [-0.2, 0) is 32.7 Å². The maximum absolute atomic E-state index is 12.9. The number of unbranched alkanes of at least 4 members (excludes halogenated alkanes) is 25. The van der Waals surface area contributed by atoms with Crippen molar-refractivity contribution in [2.24, 2.45) is 0 Å². The molecule has 0 spiro atoms. The largest absolute Gasteiger partial charge is 0.756 e. The van der Waals surface area contributed by atoms with Gasteiger partial charge in [0.05, 0.1) is 27.7 Å². The van der Waals surface area contributed by atoms with Gasteiger partial charge in [0.15, 0.2) is 6.10 Å². The minimum Gasteiger partial charge on any atom is -0.756 e. The van der Waals surface area contributed by atoms with E-state index in [1.54, 1.807) is 0 Å². The Morgan fingerprint density at radius 2 is 0.562 bits per heavy atom. The van der Waals surface area contributed by atoms with Gasteiger partial charge in [-0.05, 0) is 135 Å². The van der Waals surface area contributed by atoms with E-state index in [0.29, 0.717) is 17.4 Å². The molecule has 0 aliphatic rings. The number of nitrogens with zero attached hydrogens (tertiary/aromatic N) is 1. The Morgan fingerprint density at radius 1 is 0.323 bits per heavy atom. The lowest BCUT2D eigenvalue weighted by molar-refractivity contribution is -0.870. The van der Waals surface area contributed by atoms with Crippen LogP contribution in [0.3, 0.4) is 0 Å². The molecule has 0 radical (unpaired) electrons. The molecule has 10 heteroatoms. The van der Waals surface area contributed by atoms with Gasteiger partial charge in [-0.15, -0.1) is 0 Å². The van der Waals surface area contributed by atoms with Crippen molar-refractivity contribution < 1.29 is 42.1 Å². The molecule has 0 rings (SSSR count). The average molecular weight is 1350 g/mol. The Balaban J connectivity index is 4.07. The van der Waals surface area contributed by atoms with Crippen LogP contribution >= 0.6 is 7.82 Å². The first-order chi connectivity index (χ1) is 47.0. The second kappa shape index (κ2) is 74.3. The van der Waals surface area contributed by atoms with Gasteiger partial charge in [0, 0.05) is 12.8 Å². The fourth-order valence-electron chi connectivity index (χ4n) is 10.1. The lowest BCUT2D eigenvalue weighted by atomic mass is 10.0. The summed E-state index contributed by atoms with van der Waals surface area (Å²) >= 11 is 0. The predicted molar refractivity (Wildman–Crippen MR) is 415 cm³/mol. The Morgan fingerprint density at radius 3 is 0.833 bits per heavy atom. The third-order valence-corrected chi connectivity index (χ3v) is 16.9. The number of likely N-dealkylation sites (N-methyl/N-ethyl adjacent to an activating group) is 1. The normalized spacial score (nSPS) is 14.1. The van der Waals surface area contributed by atoms with E-state index < -0.39 is 26.5 Å². The van der Waals surface area contributed by atoms with Crippen LogP contribution in [0.1, 0.15) is 296 Å². The zero-order valence-corrected chi connectivity index (χ0v) is 62.9. The van der Waals surface area contributed by atoms with Crippen LogP contribution in [-0.4, -0.2) is 70.0 Å². The van der Waals surface area contributed by atoms with Crippen LogP contribution in [0.2, 0.25) is 0 Å². The van der Waals surface area contributed by atoms with Crippen molar-refractivity contribution in [3.05, 3.63) is 182 Å². The maximum Gasteiger partial charge on any atom is 0.306 e. The molecular weight excluding hydrogens is 1210 g/mol. The highest BCUT2D eigenvalue weighted by Crippen LogP contribution is 2.38. The fourth-order valence-corrected chi connectivity index (χ4v) is 10.9. The molecular formula is C86H142NO8P. The standard InChI is InChI=1S/C86H142NO8P/c1-6-8-10-12-14-16-18-20-22-24-26-28-30-32-34-36-38-39-40-41-42-43-44-45-46-47-49-51-53-55-57-59-61-63-65-67-69-71-73-75-77-79-86(89)95-84(83-94-96(90,91)93-81-80-87(3,4)5)82-92-85(88)78-76-74-72-70-68-66-64-62-60-58-56-54-52-50-48-37-35-33-31-29-27-25-23-21-19-17-15-13-11-9-7-2/h8-11,14-17,20-23,26-29,32-35,38-39,41-42,44-45,47,49,53,55,84H,6-7,12-13,18-19,24-25,30-31,36-37,40,43,46,48,50-52,54,56-83H2,1-5H3/b10-8-,11-9-,16-14-,17-15-,22-20-,23-21-,28-26-,29-27-,34-32-,35-33-,39-38-,42-41-,45-44-,49-47-,55-53-. The van der Waals surface area contributed by atoms with Gasteiger partial charge >= 0.3 is 11.9 Å². The zero-order chi connectivity index (χ0) is 69.7. The quantitative estimate of drug-likeness (QED) is 0.0195. The first-order valence-corrected chi connectivity index (χ1v) is 40.0. The van der Waals surface area contributed by atoms with E-state index in [-0.39, 0.29) is 32.0 Å². The van der Waals surface area contributed by atoms with Gasteiger partial charge < -0.3 is 27.9 Å². The van der Waals surface area contributed by atoms with Gasteiger partial charge in [0.25, 0.3) is 7.82 Å². The van der Waals surface area contributed by atoms with Crippen molar-refractivity contribution in [1.82, 2.24) is 0 Å². The summed E-state index contributed by atoms with van der Waals surface area (Å²) < 4.78 is 34.4. The number of allylic oxidation sites excluding steroid dienone is 30. The van der Waals surface area contributed by atoms with Crippen LogP contribution in [0.15, 0.2) is 182 Å². The molecule has 9 nitrogen and oxygen atoms in total. The lowest BCUT2D eigenvalue weighted by Crippen LogP contribution is -2.37. The molecule has 0 heterocycles. The number of hydrogen-bond donors (Lipinski definition) is 0. The molecule has 0 aromatic rings. The number of esters is 2. The van der Waals surface area contributed by atoms with Gasteiger partial charge in [0.1, 0.15) is 19.8 Å². The first kappa shape index (κ1) is 91.1. The summed E-state index contributed by atoms with van der Waals surface area (Å²) in [6.45, 7) is 4.01. The van der Waals surface area contributed by atoms with E-state index in [9.17, 15) is 19.0 Å². The number of ether oxygens (including phenoxy) is 2. The van der Waals surface area contributed by atoms with Crippen molar-refractivity contribution in [2.45, 2.75) is 302 Å². The smallest absolute Gasteiger partial charge is 0.306 e. The first-order valence-electron chi connectivity index (χ1n) is 38.5. The second-order valence-corrected chi connectivity index (χ2v) is 27.7. The molecule has 2 unspecified atom stereocenters. The highest BCUT2D eigenvalue weighted by molar-refractivity contribution is 7.45. The van der Waals surface area contributed by atoms with Gasteiger partial charge in [-0.25, -0.2) is 0 Å². The van der Waals surface area contributed by atoms with Crippen LogP contribution in [0.5, 0.6) is 0 Å². The lowest BCUT2D eigenvalue weighted by Gasteiger charge is -2.28. The molecule has 544 valence electrons. The van der Waals surface area contributed by atoms with Crippen molar-refractivity contribution in [3.63, 3.8) is 0 Å². The number of rotatable bonds is 69. The summed E-state index contributed by atoms with van der Waals surface area (Å²) in [7, 11) is 1.15. The summed E-state index contributed by atoms with van der Waals surface area (Å²) in [5.74, 6) is -0.842. The van der Waals surface area contributed by atoms with E-state index in [2.05, 4.69) is 196 Å². The molecule has 0 fully saturated rings. The summed E-state index contributed by atoms with van der Waals surface area (Å²) in [5, 5.41) is 0. The fraction of sp³-hybridized carbons (Fsp3) is 0.628. The highest BCUT2D eigenvalue weighted by atomic mass is 31.2. The average Bonchev–Trinajstić information content (AvgIpc) is 2.54. The number of phosphoric ester groups is 1.